The van der Waals surface area contributed by atoms with Crippen LogP contribution in [0.2, 0.25) is 10.0 Å². The third-order valence-electron chi connectivity index (χ3n) is 7.53. The number of hydrogen-bond donors (Lipinski definition) is 0. The number of likely N-dealkylation sites (tertiary alicyclic amines) is 1. The summed E-state index contributed by atoms with van der Waals surface area (Å²) < 4.78 is 7.41. The average molecular weight is 496 g/mol. The number of amides is 1. The SMILES string of the molecule is Cc1cc(C#N)cc2c1cc(Cc1c(Cl)ccc(C(=O)N3CCC(C4COC4)CC3)c1Cl)n2C. The first-order valence-corrected chi connectivity index (χ1v) is 12.5. The van der Waals surface area contributed by atoms with E-state index < -0.39 is 0 Å². The number of aromatic nitrogens is 1. The summed E-state index contributed by atoms with van der Waals surface area (Å²) in [6.45, 7) is 5.22. The maximum Gasteiger partial charge on any atom is 0.255 e. The minimum Gasteiger partial charge on any atom is -0.381 e. The van der Waals surface area contributed by atoms with E-state index in [1.54, 1.807) is 12.1 Å². The van der Waals surface area contributed by atoms with E-state index in [0.717, 1.165) is 66.9 Å². The predicted octanol–water partition coefficient (Wildman–Crippen LogP) is 5.75. The second kappa shape index (κ2) is 9.26. The lowest BCUT2D eigenvalue weighted by Crippen LogP contribution is -2.44. The van der Waals surface area contributed by atoms with Crippen molar-refractivity contribution in [3.05, 3.63) is 68.3 Å². The van der Waals surface area contributed by atoms with Gasteiger partial charge in [-0.2, -0.15) is 5.26 Å². The summed E-state index contributed by atoms with van der Waals surface area (Å²) in [4.78, 5) is 15.3. The summed E-state index contributed by atoms with van der Waals surface area (Å²) in [6, 6.07) is 11.6. The molecular formula is C27H27Cl2N3O2. The molecule has 3 heterocycles. The number of halogens is 2. The standard InChI is InChI=1S/C27H27Cl2N3O2/c1-16-9-17(13-30)10-25-22(16)11-20(31(25)2)12-23-24(28)4-3-21(26(23)29)27(33)32-7-5-18(6-8-32)19-14-34-15-19/h3-4,9-11,18-19H,5-8,12,14-15H2,1-2H3. The molecule has 1 amide bonds. The van der Waals surface area contributed by atoms with Crippen molar-refractivity contribution in [2.75, 3.05) is 26.3 Å². The molecule has 0 saturated carbocycles. The molecule has 0 N–H and O–H groups in total. The van der Waals surface area contributed by atoms with Gasteiger partial charge in [0, 0.05) is 54.1 Å². The van der Waals surface area contributed by atoms with Gasteiger partial charge in [0.2, 0.25) is 0 Å². The molecule has 2 saturated heterocycles. The number of aryl methyl sites for hydroxylation is 2. The molecule has 0 aliphatic carbocycles. The molecule has 2 aliphatic heterocycles. The van der Waals surface area contributed by atoms with Crippen LogP contribution in [0, 0.1) is 30.1 Å². The first-order valence-electron chi connectivity index (χ1n) is 11.7. The lowest BCUT2D eigenvalue weighted by Gasteiger charge is -2.39. The monoisotopic (exact) mass is 495 g/mol. The molecule has 2 aromatic carbocycles. The van der Waals surface area contributed by atoms with Crippen LogP contribution < -0.4 is 0 Å². The van der Waals surface area contributed by atoms with Crippen molar-refractivity contribution in [1.29, 1.82) is 5.26 Å². The quantitative estimate of drug-likeness (QED) is 0.462. The molecule has 2 fully saturated rings. The largest absolute Gasteiger partial charge is 0.381 e. The van der Waals surface area contributed by atoms with Crippen LogP contribution in [-0.4, -0.2) is 41.7 Å². The van der Waals surface area contributed by atoms with Crippen molar-refractivity contribution in [1.82, 2.24) is 9.47 Å². The van der Waals surface area contributed by atoms with Crippen molar-refractivity contribution in [2.45, 2.75) is 26.2 Å². The number of carbonyl (C=O) groups excluding carboxylic acids is 1. The fourth-order valence-corrected chi connectivity index (χ4v) is 5.86. The van der Waals surface area contributed by atoms with Crippen molar-refractivity contribution in [3.8, 4) is 6.07 Å². The van der Waals surface area contributed by atoms with Gasteiger partial charge in [-0.3, -0.25) is 4.79 Å². The lowest BCUT2D eigenvalue weighted by molar-refractivity contribution is -0.0707. The zero-order chi connectivity index (χ0) is 24.0. The predicted molar refractivity (Wildman–Crippen MR) is 135 cm³/mol. The number of carbonyl (C=O) groups is 1. The first-order chi connectivity index (χ1) is 16.4. The highest BCUT2D eigenvalue weighted by atomic mass is 35.5. The Kier molecular flexibility index (Phi) is 6.33. The van der Waals surface area contributed by atoms with Gasteiger partial charge in [0.1, 0.15) is 0 Å². The molecule has 0 radical (unpaired) electrons. The van der Waals surface area contributed by atoms with Gasteiger partial charge in [-0.15, -0.1) is 0 Å². The third-order valence-corrected chi connectivity index (χ3v) is 8.31. The Bertz CT molecular complexity index is 1310. The van der Waals surface area contributed by atoms with Crippen molar-refractivity contribution in [2.24, 2.45) is 18.9 Å². The van der Waals surface area contributed by atoms with Crippen LogP contribution in [0.4, 0.5) is 0 Å². The van der Waals surface area contributed by atoms with Crippen LogP contribution in [0.1, 0.15) is 45.6 Å². The third kappa shape index (κ3) is 4.09. The lowest BCUT2D eigenvalue weighted by atomic mass is 9.83. The van der Waals surface area contributed by atoms with E-state index in [9.17, 15) is 10.1 Å². The number of nitriles is 1. The van der Waals surface area contributed by atoms with Gasteiger partial charge in [0.05, 0.1) is 35.4 Å². The zero-order valence-corrected chi connectivity index (χ0v) is 20.9. The molecule has 5 nitrogen and oxygen atoms in total. The van der Waals surface area contributed by atoms with Crippen LogP contribution in [0.25, 0.3) is 10.9 Å². The maximum absolute atomic E-state index is 13.4. The van der Waals surface area contributed by atoms with Gasteiger partial charge in [-0.1, -0.05) is 23.2 Å². The summed E-state index contributed by atoms with van der Waals surface area (Å²) >= 11 is 13.4. The summed E-state index contributed by atoms with van der Waals surface area (Å²) in [5.74, 6) is 1.26. The highest BCUT2D eigenvalue weighted by Crippen LogP contribution is 2.35. The number of rotatable bonds is 4. The number of hydrogen-bond acceptors (Lipinski definition) is 3. The van der Waals surface area contributed by atoms with Gasteiger partial charge in [-0.05, 0) is 67.1 Å². The molecular weight excluding hydrogens is 469 g/mol. The van der Waals surface area contributed by atoms with Gasteiger partial charge in [0.15, 0.2) is 0 Å². The molecule has 0 unspecified atom stereocenters. The molecule has 2 aliphatic rings. The summed E-state index contributed by atoms with van der Waals surface area (Å²) in [7, 11) is 1.98. The minimum absolute atomic E-state index is 0.0298. The Balaban J connectivity index is 1.41. The van der Waals surface area contributed by atoms with Gasteiger partial charge >= 0.3 is 0 Å². The van der Waals surface area contributed by atoms with E-state index in [-0.39, 0.29) is 5.91 Å². The van der Waals surface area contributed by atoms with E-state index in [2.05, 4.69) is 16.7 Å². The molecule has 3 aromatic rings. The Morgan fingerprint density at radius 1 is 1.15 bits per heavy atom. The molecule has 5 rings (SSSR count). The van der Waals surface area contributed by atoms with E-state index in [1.807, 2.05) is 31.0 Å². The molecule has 0 spiro atoms. The van der Waals surface area contributed by atoms with Gasteiger partial charge in [-0.25, -0.2) is 0 Å². The van der Waals surface area contributed by atoms with E-state index in [4.69, 9.17) is 27.9 Å². The van der Waals surface area contributed by atoms with Crippen molar-refractivity contribution < 1.29 is 9.53 Å². The number of piperidine rings is 1. The number of nitrogens with zero attached hydrogens (tertiary/aromatic N) is 3. The maximum atomic E-state index is 13.4. The van der Waals surface area contributed by atoms with Crippen LogP contribution >= 0.6 is 23.2 Å². The zero-order valence-electron chi connectivity index (χ0n) is 19.4. The Hall–Kier alpha value is -2.52. The Morgan fingerprint density at radius 2 is 1.88 bits per heavy atom. The molecule has 7 heteroatoms. The second-order valence-electron chi connectivity index (χ2n) is 9.52. The van der Waals surface area contributed by atoms with E-state index >= 15 is 0 Å². The molecule has 0 bridgehead atoms. The first kappa shape index (κ1) is 23.2. The van der Waals surface area contributed by atoms with Crippen LogP contribution in [0.5, 0.6) is 0 Å². The Labute approximate surface area is 209 Å². The number of benzene rings is 2. The Morgan fingerprint density at radius 3 is 2.53 bits per heavy atom. The van der Waals surface area contributed by atoms with E-state index in [0.29, 0.717) is 39.4 Å². The van der Waals surface area contributed by atoms with Crippen molar-refractivity contribution in [3.63, 3.8) is 0 Å². The summed E-state index contributed by atoms with van der Waals surface area (Å²) in [6.07, 6.45) is 2.52. The number of fused-ring (bicyclic) bond motifs is 1. The fraction of sp³-hybridized carbons (Fsp3) is 0.407. The van der Waals surface area contributed by atoms with Gasteiger partial charge in [0.25, 0.3) is 5.91 Å². The summed E-state index contributed by atoms with van der Waals surface area (Å²) in [5, 5.41) is 11.4. The molecule has 176 valence electrons. The highest BCUT2D eigenvalue weighted by molar-refractivity contribution is 6.38. The smallest absolute Gasteiger partial charge is 0.255 e. The fourth-order valence-electron chi connectivity index (χ4n) is 5.27. The van der Waals surface area contributed by atoms with Crippen LogP contribution in [0.3, 0.4) is 0 Å². The second-order valence-corrected chi connectivity index (χ2v) is 10.3. The van der Waals surface area contributed by atoms with Crippen LogP contribution in [-0.2, 0) is 18.2 Å². The van der Waals surface area contributed by atoms with E-state index in [1.165, 1.54) is 0 Å². The molecule has 0 atom stereocenters. The van der Waals surface area contributed by atoms with Crippen molar-refractivity contribution >= 4 is 40.0 Å². The number of ether oxygens (including phenoxy) is 1. The highest BCUT2D eigenvalue weighted by Gasteiger charge is 2.33. The normalized spacial score (nSPS) is 17.1. The topological polar surface area (TPSA) is 58.3 Å². The van der Waals surface area contributed by atoms with Gasteiger partial charge < -0.3 is 14.2 Å². The average Bonchev–Trinajstić information content (AvgIpc) is 3.11. The minimum atomic E-state index is -0.0298. The molecule has 1 aromatic heterocycles. The summed E-state index contributed by atoms with van der Waals surface area (Å²) in [5.41, 5.74) is 4.95. The molecule has 34 heavy (non-hydrogen) atoms. The van der Waals surface area contributed by atoms with Crippen LogP contribution in [0.15, 0.2) is 30.3 Å².